The number of aryl methyl sites for hydroxylation is 1. The lowest BCUT2D eigenvalue weighted by atomic mass is 10.1. The number of nitrogens with one attached hydrogen (secondary N) is 1. The van der Waals surface area contributed by atoms with Crippen molar-refractivity contribution in [3.8, 4) is 0 Å². The van der Waals surface area contributed by atoms with Crippen molar-refractivity contribution in [1.82, 2.24) is 15.1 Å². The fourth-order valence-electron chi connectivity index (χ4n) is 1.67. The molecule has 0 saturated heterocycles. The highest BCUT2D eigenvalue weighted by molar-refractivity contribution is 5.19. The normalized spacial score (nSPS) is 13.1. The van der Waals surface area contributed by atoms with E-state index in [4.69, 9.17) is 0 Å². The van der Waals surface area contributed by atoms with Gasteiger partial charge in [-0.3, -0.25) is 4.68 Å². The lowest BCUT2D eigenvalue weighted by Gasteiger charge is -2.10. The summed E-state index contributed by atoms with van der Waals surface area (Å²) >= 11 is 0. The Kier molecular flexibility index (Phi) is 4.14. The van der Waals surface area contributed by atoms with Gasteiger partial charge in [0.2, 0.25) is 0 Å². The predicted molar refractivity (Wildman–Crippen MR) is 59.4 cm³/mol. The molecule has 14 heavy (non-hydrogen) atoms. The average molecular weight is 195 g/mol. The zero-order chi connectivity index (χ0) is 10.6. The van der Waals surface area contributed by atoms with Gasteiger partial charge < -0.3 is 5.32 Å². The summed E-state index contributed by atoms with van der Waals surface area (Å²) in [4.78, 5) is 0. The molecule has 0 aliphatic heterocycles. The zero-order valence-corrected chi connectivity index (χ0v) is 9.67. The predicted octanol–water partition coefficient (Wildman–Crippen LogP) is 1.52. The monoisotopic (exact) mass is 195 g/mol. The molecule has 0 aliphatic rings. The first-order chi connectivity index (χ1) is 6.69. The molecule has 1 unspecified atom stereocenters. The van der Waals surface area contributed by atoms with Crippen molar-refractivity contribution >= 4 is 0 Å². The van der Waals surface area contributed by atoms with E-state index in [1.54, 1.807) is 0 Å². The van der Waals surface area contributed by atoms with Gasteiger partial charge in [-0.1, -0.05) is 13.3 Å². The molecule has 3 nitrogen and oxygen atoms in total. The number of aromatic nitrogens is 2. The van der Waals surface area contributed by atoms with Gasteiger partial charge in [-0.25, -0.2) is 0 Å². The smallest absolute Gasteiger partial charge is 0.0525 e. The van der Waals surface area contributed by atoms with Gasteiger partial charge in [-0.2, -0.15) is 5.10 Å². The van der Waals surface area contributed by atoms with E-state index in [0.29, 0.717) is 6.04 Å². The molecule has 80 valence electrons. The molecule has 3 heteroatoms. The van der Waals surface area contributed by atoms with Crippen LogP contribution in [0.3, 0.4) is 0 Å². The number of rotatable bonds is 5. The Morgan fingerprint density at radius 1 is 1.57 bits per heavy atom. The molecule has 0 radical (unpaired) electrons. The second-order valence-corrected chi connectivity index (χ2v) is 3.88. The van der Waals surface area contributed by atoms with Crippen LogP contribution in [0.1, 0.15) is 31.5 Å². The first kappa shape index (κ1) is 11.2. The highest BCUT2D eigenvalue weighted by Gasteiger charge is 2.09. The Labute approximate surface area is 86.5 Å². The summed E-state index contributed by atoms with van der Waals surface area (Å²) in [5.41, 5.74) is 2.77. The number of likely N-dealkylation sites (N-methyl/N-ethyl adjacent to an activating group) is 1. The molecular formula is C11H21N3. The van der Waals surface area contributed by atoms with E-state index < -0.39 is 0 Å². The highest BCUT2D eigenvalue weighted by Crippen LogP contribution is 2.12. The van der Waals surface area contributed by atoms with Crippen molar-refractivity contribution in [3.05, 3.63) is 17.5 Å². The largest absolute Gasteiger partial charge is 0.317 e. The Morgan fingerprint density at radius 2 is 2.29 bits per heavy atom. The molecule has 0 bridgehead atoms. The Morgan fingerprint density at radius 3 is 2.86 bits per heavy atom. The number of nitrogens with zero attached hydrogens (tertiary/aromatic N) is 2. The van der Waals surface area contributed by atoms with E-state index in [1.165, 1.54) is 17.7 Å². The van der Waals surface area contributed by atoms with E-state index in [0.717, 1.165) is 12.8 Å². The Bertz CT molecular complexity index is 278. The second kappa shape index (κ2) is 5.15. The minimum absolute atomic E-state index is 0.523. The Hall–Kier alpha value is -0.830. The van der Waals surface area contributed by atoms with Crippen LogP contribution in [0.4, 0.5) is 0 Å². The first-order valence-electron chi connectivity index (χ1n) is 5.36. The third kappa shape index (κ3) is 2.58. The van der Waals surface area contributed by atoms with Crippen LogP contribution in [-0.4, -0.2) is 22.9 Å². The van der Waals surface area contributed by atoms with Gasteiger partial charge in [0, 0.05) is 18.8 Å². The van der Waals surface area contributed by atoms with Crippen molar-refractivity contribution in [1.29, 1.82) is 0 Å². The summed E-state index contributed by atoms with van der Waals surface area (Å²) < 4.78 is 2.00. The minimum atomic E-state index is 0.523. The molecule has 1 aromatic heterocycles. The van der Waals surface area contributed by atoms with Crippen molar-refractivity contribution in [2.75, 3.05) is 7.05 Å². The van der Waals surface area contributed by atoms with Crippen LogP contribution in [0.2, 0.25) is 0 Å². The SMILES string of the molecule is CCCc1c(CC(C)NC)cnn1C. The molecule has 0 aliphatic carbocycles. The standard InChI is InChI=1S/C11H21N3/c1-5-6-11-10(7-9(2)12-3)8-13-14(11)4/h8-9,12H,5-7H2,1-4H3. The maximum absolute atomic E-state index is 4.31. The maximum Gasteiger partial charge on any atom is 0.0525 e. The van der Waals surface area contributed by atoms with Crippen LogP contribution in [0.25, 0.3) is 0 Å². The fourth-order valence-corrected chi connectivity index (χ4v) is 1.67. The minimum Gasteiger partial charge on any atom is -0.317 e. The molecule has 0 spiro atoms. The van der Waals surface area contributed by atoms with Crippen molar-refractivity contribution in [3.63, 3.8) is 0 Å². The van der Waals surface area contributed by atoms with Gasteiger partial charge in [0.05, 0.1) is 6.20 Å². The van der Waals surface area contributed by atoms with Crippen LogP contribution < -0.4 is 5.32 Å². The fraction of sp³-hybridized carbons (Fsp3) is 0.727. The van der Waals surface area contributed by atoms with Gasteiger partial charge in [-0.05, 0) is 32.4 Å². The summed E-state index contributed by atoms with van der Waals surface area (Å²) in [7, 11) is 4.03. The van der Waals surface area contributed by atoms with Crippen LogP contribution in [0.15, 0.2) is 6.20 Å². The molecule has 0 fully saturated rings. The summed E-state index contributed by atoms with van der Waals surface area (Å²) in [6.45, 7) is 4.40. The molecule has 1 atom stereocenters. The van der Waals surface area contributed by atoms with Crippen LogP contribution in [0, 0.1) is 0 Å². The number of hydrogen-bond acceptors (Lipinski definition) is 2. The van der Waals surface area contributed by atoms with E-state index in [-0.39, 0.29) is 0 Å². The van der Waals surface area contributed by atoms with Gasteiger partial charge in [0.1, 0.15) is 0 Å². The summed E-state index contributed by atoms with van der Waals surface area (Å²) in [5.74, 6) is 0. The number of hydrogen-bond donors (Lipinski definition) is 1. The van der Waals surface area contributed by atoms with Crippen LogP contribution in [0.5, 0.6) is 0 Å². The summed E-state index contributed by atoms with van der Waals surface area (Å²) in [5, 5.41) is 7.57. The van der Waals surface area contributed by atoms with Gasteiger partial charge in [0.15, 0.2) is 0 Å². The lowest BCUT2D eigenvalue weighted by Crippen LogP contribution is -2.23. The first-order valence-corrected chi connectivity index (χ1v) is 5.36. The van der Waals surface area contributed by atoms with Gasteiger partial charge >= 0.3 is 0 Å². The summed E-state index contributed by atoms with van der Waals surface area (Å²) in [6, 6.07) is 0.523. The third-order valence-corrected chi connectivity index (χ3v) is 2.65. The molecule has 0 amide bonds. The van der Waals surface area contributed by atoms with Gasteiger partial charge in [0.25, 0.3) is 0 Å². The van der Waals surface area contributed by atoms with E-state index in [1.807, 2.05) is 25.0 Å². The molecule has 1 N–H and O–H groups in total. The Balaban J connectivity index is 2.75. The quantitative estimate of drug-likeness (QED) is 0.772. The van der Waals surface area contributed by atoms with E-state index in [2.05, 4.69) is 24.3 Å². The van der Waals surface area contributed by atoms with Crippen molar-refractivity contribution < 1.29 is 0 Å². The van der Waals surface area contributed by atoms with E-state index in [9.17, 15) is 0 Å². The molecular weight excluding hydrogens is 174 g/mol. The second-order valence-electron chi connectivity index (χ2n) is 3.88. The molecule has 1 rings (SSSR count). The zero-order valence-electron chi connectivity index (χ0n) is 9.67. The molecule has 1 heterocycles. The maximum atomic E-state index is 4.31. The molecule has 1 aromatic rings. The van der Waals surface area contributed by atoms with Crippen LogP contribution >= 0.6 is 0 Å². The van der Waals surface area contributed by atoms with Crippen molar-refractivity contribution in [2.45, 2.75) is 39.2 Å². The van der Waals surface area contributed by atoms with E-state index >= 15 is 0 Å². The topological polar surface area (TPSA) is 29.9 Å². The lowest BCUT2D eigenvalue weighted by molar-refractivity contribution is 0.602. The highest BCUT2D eigenvalue weighted by atomic mass is 15.3. The van der Waals surface area contributed by atoms with Gasteiger partial charge in [-0.15, -0.1) is 0 Å². The summed E-state index contributed by atoms with van der Waals surface area (Å²) in [6.07, 6.45) is 5.38. The van der Waals surface area contributed by atoms with Crippen LogP contribution in [-0.2, 0) is 19.9 Å². The molecule has 0 saturated carbocycles. The third-order valence-electron chi connectivity index (χ3n) is 2.65. The average Bonchev–Trinajstić information content (AvgIpc) is 2.50. The van der Waals surface area contributed by atoms with Crippen molar-refractivity contribution in [2.24, 2.45) is 7.05 Å². The molecule has 0 aromatic carbocycles.